The van der Waals surface area contributed by atoms with Crippen molar-refractivity contribution in [2.24, 2.45) is 10.9 Å². The van der Waals surface area contributed by atoms with E-state index in [1.165, 1.54) is 12.8 Å². The lowest BCUT2D eigenvalue weighted by atomic mass is 9.83. The van der Waals surface area contributed by atoms with Gasteiger partial charge in [-0.15, -0.1) is 11.3 Å². The third-order valence-corrected chi connectivity index (χ3v) is 7.18. The molecule has 2 aliphatic rings. The van der Waals surface area contributed by atoms with E-state index >= 15 is 0 Å². The summed E-state index contributed by atoms with van der Waals surface area (Å²) in [5.74, 6) is 1.17. The summed E-state index contributed by atoms with van der Waals surface area (Å²) in [6, 6.07) is 5.58. The third kappa shape index (κ3) is 4.46. The maximum Gasteiger partial charge on any atom is 0.223 e. The minimum absolute atomic E-state index is 0.0284. The van der Waals surface area contributed by atoms with Gasteiger partial charge in [-0.1, -0.05) is 29.3 Å². The summed E-state index contributed by atoms with van der Waals surface area (Å²) < 4.78 is 0. The van der Waals surface area contributed by atoms with Crippen LogP contribution < -0.4 is 10.6 Å². The van der Waals surface area contributed by atoms with Crippen LogP contribution in [0.15, 0.2) is 41.0 Å². The molecule has 1 aromatic carbocycles. The topological polar surface area (TPSA) is 75.1 Å². The van der Waals surface area contributed by atoms with Crippen molar-refractivity contribution in [3.63, 3.8) is 0 Å². The summed E-state index contributed by atoms with van der Waals surface area (Å²) in [5, 5.41) is 11.0. The molecule has 31 heavy (non-hydrogen) atoms. The van der Waals surface area contributed by atoms with E-state index in [1.807, 2.05) is 23.6 Å². The molecule has 1 unspecified atom stereocenters. The molecule has 4 heterocycles. The van der Waals surface area contributed by atoms with Crippen molar-refractivity contribution in [2.75, 3.05) is 18.4 Å². The van der Waals surface area contributed by atoms with Crippen molar-refractivity contribution in [1.29, 1.82) is 0 Å². The number of hydrogen-bond donors (Lipinski definition) is 2. The number of nitrogens with one attached hydrogen (secondary N) is 2. The Morgan fingerprint density at radius 2 is 2.06 bits per heavy atom. The van der Waals surface area contributed by atoms with Gasteiger partial charge in [-0.05, 0) is 50.4 Å². The zero-order chi connectivity index (χ0) is 21.2. The van der Waals surface area contributed by atoms with Crippen molar-refractivity contribution in [3.05, 3.63) is 62.3 Å². The van der Waals surface area contributed by atoms with Crippen molar-refractivity contribution < 1.29 is 0 Å². The van der Waals surface area contributed by atoms with E-state index in [0.29, 0.717) is 28.5 Å². The molecule has 0 spiro atoms. The number of benzene rings is 1. The monoisotopic (exact) mass is 472 g/mol. The summed E-state index contributed by atoms with van der Waals surface area (Å²) in [7, 11) is 0. The molecule has 9 heteroatoms. The maximum atomic E-state index is 6.57. The first-order chi connectivity index (χ1) is 15.2. The van der Waals surface area contributed by atoms with Gasteiger partial charge in [0.1, 0.15) is 10.7 Å². The second kappa shape index (κ2) is 9.20. The van der Waals surface area contributed by atoms with Crippen LogP contribution in [0.5, 0.6) is 0 Å². The van der Waals surface area contributed by atoms with Gasteiger partial charge in [0.2, 0.25) is 5.95 Å². The fourth-order valence-electron chi connectivity index (χ4n) is 4.30. The van der Waals surface area contributed by atoms with Gasteiger partial charge < -0.3 is 10.6 Å². The minimum Gasteiger partial charge on any atom is -0.348 e. The van der Waals surface area contributed by atoms with Crippen LogP contribution >= 0.6 is 34.5 Å². The van der Waals surface area contributed by atoms with E-state index in [4.69, 9.17) is 33.2 Å². The second-order valence-corrected chi connectivity index (χ2v) is 9.63. The zero-order valence-electron chi connectivity index (χ0n) is 16.8. The van der Waals surface area contributed by atoms with Crippen LogP contribution in [-0.4, -0.2) is 33.8 Å². The van der Waals surface area contributed by atoms with Crippen molar-refractivity contribution >= 4 is 51.9 Å². The molecule has 0 saturated carbocycles. The van der Waals surface area contributed by atoms with E-state index in [1.54, 1.807) is 23.7 Å². The molecule has 2 N–H and O–H groups in total. The molecule has 3 aromatic rings. The number of fused-ring (bicyclic) bond motifs is 1. The number of aliphatic imine (C=N–C) groups is 1. The molecule has 1 fully saturated rings. The molecule has 2 aromatic heterocycles. The highest BCUT2D eigenvalue weighted by Gasteiger charge is 2.34. The van der Waals surface area contributed by atoms with Crippen LogP contribution in [0.3, 0.4) is 0 Å². The van der Waals surface area contributed by atoms with Gasteiger partial charge in [-0.25, -0.2) is 19.9 Å². The first-order valence-electron chi connectivity index (χ1n) is 10.4. The average molecular weight is 473 g/mol. The summed E-state index contributed by atoms with van der Waals surface area (Å²) in [5.41, 5.74) is 3.42. The number of rotatable bonds is 6. The fourth-order valence-corrected chi connectivity index (χ4v) is 5.45. The van der Waals surface area contributed by atoms with Crippen LogP contribution in [-0.2, 0) is 6.54 Å². The number of thiazole rings is 1. The van der Waals surface area contributed by atoms with Gasteiger partial charge in [0.25, 0.3) is 0 Å². The lowest BCUT2D eigenvalue weighted by Gasteiger charge is -2.26. The third-order valence-electron chi connectivity index (χ3n) is 5.77. The Hall–Kier alpha value is -2.06. The minimum atomic E-state index is 0.0284. The number of anilines is 1. The molecule has 0 radical (unpaired) electrons. The Morgan fingerprint density at radius 1 is 1.19 bits per heavy atom. The summed E-state index contributed by atoms with van der Waals surface area (Å²) in [6.07, 6.45) is 6.92. The van der Waals surface area contributed by atoms with Crippen molar-refractivity contribution in [3.8, 4) is 0 Å². The second-order valence-electron chi connectivity index (χ2n) is 7.84. The average Bonchev–Trinajstić information content (AvgIpc) is 3.41. The molecule has 2 aliphatic heterocycles. The smallest absolute Gasteiger partial charge is 0.223 e. The van der Waals surface area contributed by atoms with Crippen LogP contribution in [0, 0.1) is 5.92 Å². The van der Waals surface area contributed by atoms with Crippen molar-refractivity contribution in [1.82, 2.24) is 20.3 Å². The molecule has 0 amide bonds. The lowest BCUT2D eigenvalue weighted by Crippen LogP contribution is -2.31. The van der Waals surface area contributed by atoms with Crippen LogP contribution in [0.4, 0.5) is 11.6 Å². The highest BCUT2D eigenvalue weighted by molar-refractivity contribution is 7.09. The highest BCUT2D eigenvalue weighted by atomic mass is 35.5. The number of piperidine rings is 1. The number of aromatic nitrogens is 3. The predicted molar refractivity (Wildman–Crippen MR) is 127 cm³/mol. The van der Waals surface area contributed by atoms with Gasteiger partial charge in [-0.3, -0.25) is 0 Å². The Labute approximate surface area is 195 Å². The molecular weight excluding hydrogens is 451 g/mol. The number of nitrogens with zero attached hydrogens (tertiary/aromatic N) is 4. The van der Waals surface area contributed by atoms with E-state index in [2.05, 4.69) is 20.6 Å². The first-order valence-corrected chi connectivity index (χ1v) is 12.1. The molecule has 2 atom stereocenters. The Balaban J connectivity index is 1.47. The van der Waals surface area contributed by atoms with Crippen LogP contribution in [0.25, 0.3) is 0 Å². The SMILES string of the molecule is Clc1cccc(Cl)c1C1=Nc2cnc(NCc3nccs3)nc2C1C[C@@H]1CCCNC1. The zero-order valence-corrected chi connectivity index (χ0v) is 19.1. The van der Waals surface area contributed by atoms with E-state index in [9.17, 15) is 0 Å². The van der Waals surface area contributed by atoms with Crippen LogP contribution in [0.2, 0.25) is 10.0 Å². The summed E-state index contributed by atoms with van der Waals surface area (Å²) in [6.45, 7) is 2.69. The molecular formula is C22H22Cl2N6S. The summed E-state index contributed by atoms with van der Waals surface area (Å²) in [4.78, 5) is 18.6. The van der Waals surface area contributed by atoms with Gasteiger partial charge in [0.15, 0.2) is 0 Å². The van der Waals surface area contributed by atoms with Gasteiger partial charge in [-0.2, -0.15) is 0 Å². The quantitative estimate of drug-likeness (QED) is 0.497. The normalized spacial score (nSPS) is 20.4. The molecule has 160 valence electrons. The van der Waals surface area contributed by atoms with Crippen molar-refractivity contribution in [2.45, 2.75) is 31.7 Å². The summed E-state index contributed by atoms with van der Waals surface area (Å²) >= 11 is 14.7. The first kappa shape index (κ1) is 20.8. The largest absolute Gasteiger partial charge is 0.348 e. The number of halogens is 2. The Morgan fingerprint density at radius 3 is 2.81 bits per heavy atom. The maximum absolute atomic E-state index is 6.57. The van der Waals surface area contributed by atoms with E-state index < -0.39 is 0 Å². The molecule has 0 bridgehead atoms. The van der Waals surface area contributed by atoms with Gasteiger partial charge >= 0.3 is 0 Å². The Bertz CT molecular complexity index is 1080. The Kier molecular flexibility index (Phi) is 6.18. The van der Waals surface area contributed by atoms with Gasteiger partial charge in [0, 0.05) is 23.1 Å². The van der Waals surface area contributed by atoms with Crippen LogP contribution in [0.1, 0.15) is 41.4 Å². The number of hydrogen-bond acceptors (Lipinski definition) is 7. The highest BCUT2D eigenvalue weighted by Crippen LogP contribution is 2.43. The van der Waals surface area contributed by atoms with E-state index in [-0.39, 0.29) is 5.92 Å². The standard InChI is InChI=1S/C22H22Cl2N6S/c23-15-4-1-5-16(24)19(15)21-14(9-13-3-2-6-25-10-13)20-17(29-21)11-27-22(30-20)28-12-18-26-7-8-31-18/h1,4-5,7-8,11,13-14,25H,2-3,6,9-10,12H2,(H,27,28,30)/t13-,14?/m0/s1. The predicted octanol–water partition coefficient (Wildman–Crippen LogP) is 5.46. The molecule has 5 rings (SSSR count). The lowest BCUT2D eigenvalue weighted by molar-refractivity contribution is 0.352. The van der Waals surface area contributed by atoms with Gasteiger partial charge in [0.05, 0.1) is 34.2 Å². The van der Waals surface area contributed by atoms with E-state index in [0.717, 1.165) is 47.2 Å². The molecule has 0 aliphatic carbocycles. The molecule has 1 saturated heterocycles. The fraction of sp³-hybridized carbons (Fsp3) is 0.364. The molecule has 6 nitrogen and oxygen atoms in total.